The summed E-state index contributed by atoms with van der Waals surface area (Å²) in [5, 5.41) is 3.19. The molecule has 1 spiro atoms. The number of epoxide rings is 1. The number of hydrogen-bond donors (Lipinski definition) is 1. The van der Waals surface area contributed by atoms with Crippen LogP contribution in [0, 0.1) is 6.92 Å². The molecule has 0 amide bonds. The molecule has 3 heterocycles. The third-order valence-electron chi connectivity index (χ3n) is 5.77. The van der Waals surface area contributed by atoms with Crippen LogP contribution in [0.3, 0.4) is 0 Å². The van der Waals surface area contributed by atoms with Crippen molar-refractivity contribution in [2.24, 2.45) is 0 Å². The van der Waals surface area contributed by atoms with Crippen molar-refractivity contribution in [1.82, 2.24) is 0 Å². The van der Waals surface area contributed by atoms with Crippen LogP contribution in [0.5, 0.6) is 11.5 Å². The normalized spacial score (nSPS) is 26.3. The maximum absolute atomic E-state index is 6.67. The van der Waals surface area contributed by atoms with Crippen molar-refractivity contribution in [3.05, 3.63) is 88.5 Å². The molecule has 4 nitrogen and oxygen atoms in total. The summed E-state index contributed by atoms with van der Waals surface area (Å²) in [4.78, 5) is 0. The Morgan fingerprint density at radius 1 is 0.889 bits per heavy atom. The maximum atomic E-state index is 6.67. The van der Waals surface area contributed by atoms with Gasteiger partial charge in [-0.1, -0.05) is 35.9 Å². The summed E-state index contributed by atoms with van der Waals surface area (Å²) in [6.45, 7) is 2.10. The third kappa shape index (κ3) is 1.94. The summed E-state index contributed by atoms with van der Waals surface area (Å²) in [7, 11) is 1.91. The van der Waals surface area contributed by atoms with E-state index in [4.69, 9.17) is 14.2 Å². The SMILES string of the molecule is CNc1ccc2c(c1)Oc1ccc(C)cc1C21OC2OC2c2ccccc21. The van der Waals surface area contributed by atoms with Gasteiger partial charge >= 0.3 is 0 Å². The van der Waals surface area contributed by atoms with Crippen LogP contribution < -0.4 is 10.1 Å². The molecule has 6 rings (SSSR count). The Balaban J connectivity index is 1.72. The van der Waals surface area contributed by atoms with Crippen LogP contribution in [-0.4, -0.2) is 13.3 Å². The Morgan fingerprint density at radius 2 is 1.78 bits per heavy atom. The number of nitrogens with one attached hydrogen (secondary N) is 1. The standard InChI is InChI=1S/C23H19NO3/c1-13-7-10-19-18(11-13)23(17-9-8-14(24-2)12-20(17)25-19)16-6-4-3-5-15(16)21-22(26-21)27-23/h3-12,21-22,24H,1-2H3. The molecule has 0 bridgehead atoms. The molecular formula is C23H19NO3. The molecule has 1 fully saturated rings. The Morgan fingerprint density at radius 3 is 2.67 bits per heavy atom. The zero-order valence-corrected chi connectivity index (χ0v) is 15.2. The van der Waals surface area contributed by atoms with E-state index in [1.807, 2.05) is 19.2 Å². The van der Waals surface area contributed by atoms with Crippen molar-refractivity contribution in [1.29, 1.82) is 0 Å². The summed E-state index contributed by atoms with van der Waals surface area (Å²) < 4.78 is 18.8. The van der Waals surface area contributed by atoms with E-state index in [0.717, 1.165) is 33.9 Å². The zero-order chi connectivity index (χ0) is 18.2. The van der Waals surface area contributed by atoms with Crippen LogP contribution in [0.2, 0.25) is 0 Å². The van der Waals surface area contributed by atoms with Gasteiger partial charge in [-0.2, -0.15) is 0 Å². The second-order valence-electron chi connectivity index (χ2n) is 7.37. The monoisotopic (exact) mass is 357 g/mol. The predicted octanol–water partition coefficient (Wildman–Crippen LogP) is 4.86. The number of hydrogen-bond acceptors (Lipinski definition) is 4. The van der Waals surface area contributed by atoms with Gasteiger partial charge in [0, 0.05) is 29.9 Å². The van der Waals surface area contributed by atoms with Gasteiger partial charge in [-0.15, -0.1) is 0 Å². The predicted molar refractivity (Wildman–Crippen MR) is 102 cm³/mol. The molecule has 3 aliphatic rings. The molecule has 27 heavy (non-hydrogen) atoms. The van der Waals surface area contributed by atoms with Crippen molar-refractivity contribution < 1.29 is 14.2 Å². The van der Waals surface area contributed by atoms with Crippen molar-refractivity contribution in [2.45, 2.75) is 24.9 Å². The maximum Gasteiger partial charge on any atom is 0.191 e. The van der Waals surface area contributed by atoms with Gasteiger partial charge in [-0.25, -0.2) is 0 Å². The number of aryl methyl sites for hydroxylation is 1. The van der Waals surface area contributed by atoms with Gasteiger partial charge in [0.2, 0.25) is 0 Å². The summed E-state index contributed by atoms with van der Waals surface area (Å²) in [5.74, 6) is 1.64. The van der Waals surface area contributed by atoms with E-state index in [1.54, 1.807) is 0 Å². The van der Waals surface area contributed by atoms with Gasteiger partial charge in [0.15, 0.2) is 11.9 Å². The van der Waals surface area contributed by atoms with E-state index < -0.39 is 5.60 Å². The van der Waals surface area contributed by atoms with E-state index in [2.05, 4.69) is 60.8 Å². The van der Waals surface area contributed by atoms with Crippen LogP contribution in [0.15, 0.2) is 60.7 Å². The molecule has 0 saturated carbocycles. The molecule has 134 valence electrons. The van der Waals surface area contributed by atoms with E-state index in [9.17, 15) is 0 Å². The summed E-state index contributed by atoms with van der Waals surface area (Å²) in [5.41, 5.74) is 5.84. The highest BCUT2D eigenvalue weighted by Crippen LogP contribution is 2.61. The van der Waals surface area contributed by atoms with E-state index in [0.29, 0.717) is 0 Å². The van der Waals surface area contributed by atoms with E-state index >= 15 is 0 Å². The first-order valence-corrected chi connectivity index (χ1v) is 9.24. The summed E-state index contributed by atoms with van der Waals surface area (Å²) >= 11 is 0. The van der Waals surface area contributed by atoms with Crippen LogP contribution in [-0.2, 0) is 15.1 Å². The van der Waals surface area contributed by atoms with Crippen LogP contribution in [0.4, 0.5) is 5.69 Å². The van der Waals surface area contributed by atoms with Gasteiger partial charge < -0.3 is 19.5 Å². The minimum atomic E-state index is -0.727. The lowest BCUT2D eigenvalue weighted by atomic mass is 9.74. The van der Waals surface area contributed by atoms with Crippen molar-refractivity contribution in [2.75, 3.05) is 12.4 Å². The highest BCUT2D eigenvalue weighted by molar-refractivity contribution is 5.67. The Kier molecular flexibility index (Phi) is 2.90. The number of anilines is 1. The minimum absolute atomic E-state index is 0.0305. The highest BCUT2D eigenvalue weighted by Gasteiger charge is 2.59. The van der Waals surface area contributed by atoms with Crippen molar-refractivity contribution >= 4 is 5.69 Å². The first kappa shape index (κ1) is 15.3. The van der Waals surface area contributed by atoms with Gasteiger partial charge in [0.05, 0.1) is 0 Å². The molecule has 1 saturated heterocycles. The largest absolute Gasteiger partial charge is 0.456 e. The molecule has 1 N–H and O–H groups in total. The van der Waals surface area contributed by atoms with E-state index in [-0.39, 0.29) is 12.4 Å². The number of ether oxygens (including phenoxy) is 3. The van der Waals surface area contributed by atoms with Crippen molar-refractivity contribution in [3.8, 4) is 11.5 Å². The Hall–Kier alpha value is -2.82. The lowest BCUT2D eigenvalue weighted by Crippen LogP contribution is -2.39. The molecule has 0 aromatic heterocycles. The lowest BCUT2D eigenvalue weighted by Gasteiger charge is -2.42. The van der Waals surface area contributed by atoms with Gasteiger partial charge in [0.1, 0.15) is 17.6 Å². The lowest BCUT2D eigenvalue weighted by molar-refractivity contribution is -0.0523. The fraction of sp³-hybridized carbons (Fsp3) is 0.217. The molecular weight excluding hydrogens is 338 g/mol. The molecule has 3 atom stereocenters. The fourth-order valence-corrected chi connectivity index (χ4v) is 4.45. The summed E-state index contributed by atoms with van der Waals surface area (Å²) in [6.07, 6.45) is -0.189. The fourth-order valence-electron chi connectivity index (χ4n) is 4.45. The van der Waals surface area contributed by atoms with Gasteiger partial charge in [0.25, 0.3) is 0 Å². The second kappa shape index (κ2) is 5.12. The van der Waals surface area contributed by atoms with Crippen molar-refractivity contribution in [3.63, 3.8) is 0 Å². The summed E-state index contributed by atoms with van der Waals surface area (Å²) in [6, 6.07) is 20.9. The average molecular weight is 357 g/mol. The molecule has 0 radical (unpaired) electrons. The van der Waals surface area contributed by atoms with Crippen LogP contribution in [0.1, 0.15) is 33.9 Å². The Bertz CT molecular complexity index is 1090. The first-order chi connectivity index (χ1) is 13.2. The van der Waals surface area contributed by atoms with Gasteiger partial charge in [-0.05, 0) is 42.3 Å². The van der Waals surface area contributed by atoms with Gasteiger partial charge in [-0.3, -0.25) is 0 Å². The third-order valence-corrected chi connectivity index (χ3v) is 5.77. The second-order valence-corrected chi connectivity index (χ2v) is 7.37. The number of benzene rings is 3. The Labute approximate surface area is 157 Å². The van der Waals surface area contributed by atoms with E-state index in [1.165, 1.54) is 11.1 Å². The topological polar surface area (TPSA) is 43.0 Å². The minimum Gasteiger partial charge on any atom is -0.456 e. The smallest absolute Gasteiger partial charge is 0.191 e. The quantitative estimate of drug-likeness (QED) is 0.632. The number of rotatable bonds is 1. The molecule has 0 aliphatic carbocycles. The highest BCUT2D eigenvalue weighted by atomic mass is 16.8. The molecule has 3 aromatic rings. The molecule has 3 unspecified atom stereocenters. The average Bonchev–Trinajstić information content (AvgIpc) is 3.48. The first-order valence-electron chi connectivity index (χ1n) is 9.24. The molecule has 4 heteroatoms. The molecule has 3 aliphatic heterocycles. The van der Waals surface area contributed by atoms with Crippen LogP contribution in [0.25, 0.3) is 0 Å². The molecule has 3 aromatic carbocycles. The van der Waals surface area contributed by atoms with Crippen LogP contribution >= 0.6 is 0 Å². The number of fused-ring (bicyclic) bond motifs is 8. The zero-order valence-electron chi connectivity index (χ0n) is 15.2.